The van der Waals surface area contributed by atoms with Crippen LogP contribution in [0.3, 0.4) is 0 Å². The second-order valence-corrected chi connectivity index (χ2v) is 13.2. The molecule has 0 fully saturated rings. The van der Waals surface area contributed by atoms with E-state index in [-0.39, 0.29) is 30.2 Å². The predicted molar refractivity (Wildman–Crippen MR) is 89.5 cm³/mol. The first-order valence-corrected chi connectivity index (χ1v) is 12.6. The molecule has 0 nitrogen and oxygen atoms in total. The van der Waals surface area contributed by atoms with E-state index in [4.69, 9.17) is 0 Å². The van der Waals surface area contributed by atoms with E-state index in [0.29, 0.717) is 0 Å². The third-order valence-corrected chi connectivity index (χ3v) is 13.9. The maximum atomic E-state index is 2.35. The Balaban J connectivity index is -0.000000237. The molecule has 0 unspecified atom stereocenters. The van der Waals surface area contributed by atoms with Crippen LogP contribution in [0.1, 0.15) is 38.8 Å². The van der Waals surface area contributed by atoms with Gasteiger partial charge in [0.1, 0.15) is 0 Å². The van der Waals surface area contributed by atoms with Crippen molar-refractivity contribution < 1.29 is 48.1 Å². The summed E-state index contributed by atoms with van der Waals surface area (Å²) < 4.78 is 0. The first-order valence-electron chi connectivity index (χ1n) is 7.29. The van der Waals surface area contributed by atoms with Crippen LogP contribution in [0.25, 0.3) is 0 Å². The smallest absolute Gasteiger partial charge is 0.0860 e. The van der Waals surface area contributed by atoms with Gasteiger partial charge < -0.3 is 24.8 Å². The zero-order chi connectivity index (χ0) is 15.5. The predicted octanol–water partition coefficient (Wildman–Crippen LogP) is -0.219. The van der Waals surface area contributed by atoms with Gasteiger partial charge in [0.05, 0.1) is 0 Å². The van der Waals surface area contributed by atoms with Crippen molar-refractivity contribution in [3.05, 3.63) is 59.7 Å². The second-order valence-electron chi connectivity index (χ2n) is 5.69. The molecule has 0 atom stereocenters. The number of rotatable bonds is 2. The number of aryl methyl sites for hydroxylation is 2. The van der Waals surface area contributed by atoms with Crippen LogP contribution in [0, 0.1) is 13.8 Å². The molecular weight excluding hydrogens is 406 g/mol. The molecule has 0 aliphatic rings. The van der Waals surface area contributed by atoms with Gasteiger partial charge in [0.15, 0.2) is 0 Å². The van der Waals surface area contributed by atoms with Gasteiger partial charge in [0, 0.05) is 0 Å². The van der Waals surface area contributed by atoms with Crippen molar-refractivity contribution in [2.45, 2.75) is 52.6 Å². The molecule has 0 heterocycles. The minimum absolute atomic E-state index is 0. The van der Waals surface area contributed by atoms with Crippen LogP contribution in [-0.4, -0.2) is 5.43 Å². The van der Waals surface area contributed by atoms with E-state index in [2.05, 4.69) is 65.8 Å². The van der Waals surface area contributed by atoms with Crippen LogP contribution in [0.5, 0.6) is 0 Å². The zero-order valence-corrected chi connectivity index (χ0v) is 19.5. The molecular formula is C18H28Cl2SiZr-2. The van der Waals surface area contributed by atoms with Crippen LogP contribution in [0.15, 0.2) is 48.5 Å². The van der Waals surface area contributed by atoms with E-state index in [1.807, 2.05) is 24.3 Å². The van der Waals surface area contributed by atoms with Crippen molar-refractivity contribution in [1.82, 2.24) is 0 Å². The molecule has 2 aromatic carbocycles. The van der Waals surface area contributed by atoms with Gasteiger partial charge in [0.2, 0.25) is 0 Å². The van der Waals surface area contributed by atoms with Crippen LogP contribution in [0.2, 0.25) is 11.1 Å². The summed E-state index contributed by atoms with van der Waals surface area (Å²) in [7, 11) is 0. The Morgan fingerprint density at radius 1 is 0.682 bits per heavy atom. The van der Waals surface area contributed by atoms with Gasteiger partial charge in [-0.3, -0.25) is 0 Å². The standard InChI is InChI=1S/C6H14Si.2C6H7.2ClH.Zr/c1-5(2)7-6(3)4;2*1-6-4-2-3-5-6;;;/h5-6H,1-4H3;2*2-5H,1H3;2*1H;/q;2*-1;;;+2/p-2. The Kier molecular flexibility index (Phi) is 20.1. The fourth-order valence-corrected chi connectivity index (χ4v) is 2.94. The summed E-state index contributed by atoms with van der Waals surface area (Å²) in [5.74, 6) is 0. The monoisotopic (exact) mass is 432 g/mol. The Labute approximate surface area is 165 Å². The maximum Gasteiger partial charge on any atom is -0.0860 e. The van der Waals surface area contributed by atoms with Crippen molar-refractivity contribution in [2.75, 3.05) is 0 Å². The fourth-order valence-electron chi connectivity index (χ4n) is 1.61. The topological polar surface area (TPSA) is 0 Å². The summed E-state index contributed by atoms with van der Waals surface area (Å²) in [5, 5.41) is 0. The molecule has 2 rings (SSSR count). The van der Waals surface area contributed by atoms with Gasteiger partial charge in [-0.1, -0.05) is 13.8 Å². The minimum atomic E-state index is 0. The minimum Gasteiger partial charge on any atom is -1.00 e. The quantitative estimate of drug-likeness (QED) is 0.453. The van der Waals surface area contributed by atoms with E-state index < -0.39 is 0 Å². The number of halogens is 2. The van der Waals surface area contributed by atoms with Crippen molar-refractivity contribution >= 4 is 5.43 Å². The van der Waals surface area contributed by atoms with Crippen LogP contribution in [0.4, 0.5) is 0 Å². The molecule has 0 aliphatic carbocycles. The third kappa shape index (κ3) is 15.3. The summed E-state index contributed by atoms with van der Waals surface area (Å²) in [6.45, 7) is 13.6. The SMILES string of the molecule is CC(C)[Si](=[Zr+2])C(C)C.C[c-]1cccc1.C[c-]1cccc1.[Cl-].[Cl-]. The summed E-state index contributed by atoms with van der Waals surface area (Å²) >= 11 is 1.80. The molecule has 0 saturated carbocycles. The molecule has 0 bridgehead atoms. The first-order chi connectivity index (χ1) is 9.34. The van der Waals surface area contributed by atoms with E-state index in [0.717, 1.165) is 11.1 Å². The van der Waals surface area contributed by atoms with E-state index >= 15 is 0 Å². The molecule has 0 N–H and O–H groups in total. The molecule has 0 spiro atoms. The van der Waals surface area contributed by atoms with Crippen LogP contribution < -0.4 is 24.8 Å². The van der Waals surface area contributed by atoms with Gasteiger partial charge >= 0.3 is 67.5 Å². The van der Waals surface area contributed by atoms with Gasteiger partial charge in [-0.25, -0.2) is 24.3 Å². The normalized spacial score (nSPS) is 8.82. The molecule has 4 heteroatoms. The van der Waals surface area contributed by atoms with E-state index in [9.17, 15) is 0 Å². The molecule has 124 valence electrons. The van der Waals surface area contributed by atoms with Gasteiger partial charge in [0.25, 0.3) is 0 Å². The molecule has 2 aromatic rings. The van der Waals surface area contributed by atoms with Crippen molar-refractivity contribution in [3.63, 3.8) is 0 Å². The molecule has 0 amide bonds. The Hall–Kier alpha value is 0.380. The molecule has 0 saturated heterocycles. The average molecular weight is 435 g/mol. The fraction of sp³-hybridized carbons (Fsp3) is 0.444. The summed E-state index contributed by atoms with van der Waals surface area (Å²) in [6, 6.07) is 16.5. The van der Waals surface area contributed by atoms with Crippen molar-refractivity contribution in [3.8, 4) is 0 Å². The second kappa shape index (κ2) is 16.2. The van der Waals surface area contributed by atoms with E-state index in [1.54, 1.807) is 23.3 Å². The van der Waals surface area contributed by atoms with Gasteiger partial charge in [-0.2, -0.15) is 35.4 Å². The summed E-state index contributed by atoms with van der Waals surface area (Å²) in [4.78, 5) is 0. The summed E-state index contributed by atoms with van der Waals surface area (Å²) in [6.07, 6.45) is 0. The molecule has 22 heavy (non-hydrogen) atoms. The van der Waals surface area contributed by atoms with E-state index in [1.165, 1.54) is 11.1 Å². The third-order valence-electron chi connectivity index (χ3n) is 2.90. The molecule has 0 radical (unpaired) electrons. The molecule has 0 aromatic heterocycles. The Bertz CT molecular complexity index is 403. The van der Waals surface area contributed by atoms with Crippen LogP contribution >= 0.6 is 0 Å². The number of hydrogen-bond donors (Lipinski definition) is 0. The Morgan fingerprint density at radius 3 is 0.955 bits per heavy atom. The largest absolute Gasteiger partial charge is 1.00 e. The summed E-state index contributed by atoms with van der Waals surface area (Å²) in [5.41, 5.74) is 4.72. The van der Waals surface area contributed by atoms with Crippen molar-refractivity contribution in [1.29, 1.82) is 0 Å². The van der Waals surface area contributed by atoms with Gasteiger partial charge in [-0.05, 0) is 0 Å². The molecule has 0 aliphatic heterocycles. The Morgan fingerprint density at radius 2 is 0.909 bits per heavy atom. The first kappa shape index (κ1) is 27.2. The van der Waals surface area contributed by atoms with Crippen LogP contribution in [-0.2, 0) is 23.3 Å². The zero-order valence-electron chi connectivity index (χ0n) is 14.5. The van der Waals surface area contributed by atoms with Crippen molar-refractivity contribution in [2.24, 2.45) is 0 Å². The van der Waals surface area contributed by atoms with Gasteiger partial charge in [-0.15, -0.1) is 0 Å². The average Bonchev–Trinajstić information content (AvgIpc) is 3.03. The number of hydrogen-bond acceptors (Lipinski definition) is 0. The maximum absolute atomic E-state index is 2.35.